The minimum atomic E-state index is -0.593. The predicted octanol–water partition coefficient (Wildman–Crippen LogP) is 6.07. The highest BCUT2D eigenvalue weighted by Gasteiger charge is 2.57. The van der Waals surface area contributed by atoms with E-state index >= 15 is 0 Å². The molecule has 2 saturated carbocycles. The molecule has 0 unspecified atom stereocenters. The van der Waals surface area contributed by atoms with Crippen LogP contribution in [0.3, 0.4) is 0 Å². The molecule has 6 nitrogen and oxygen atoms in total. The van der Waals surface area contributed by atoms with Crippen LogP contribution in [0.25, 0.3) is 0 Å². The van der Waals surface area contributed by atoms with Gasteiger partial charge in [-0.15, -0.1) is 0 Å². The standard InChI is InChI=1S/C29H40O6/c1-27(2,3)25(31)34-16-33-17-8-9-18-19-12-13-29(7)22(20(19)15-23(30)21(18)14-17)10-11-24(29)35-26(32)28(4,5)6/h8-9,14,19-20,22,24H,10-13,15-16H2,1-7H3/t19-,20-,22+,24+,29+/m1/s1. The summed E-state index contributed by atoms with van der Waals surface area (Å²) in [5.74, 6) is 1.16. The maximum atomic E-state index is 13.3. The lowest BCUT2D eigenvalue weighted by atomic mass is 9.55. The minimum absolute atomic E-state index is 0.0803. The second-order valence-electron chi connectivity index (χ2n) is 13.0. The molecule has 0 heterocycles. The molecule has 0 spiro atoms. The summed E-state index contributed by atoms with van der Waals surface area (Å²) in [6, 6.07) is 5.69. The Morgan fingerprint density at radius 3 is 2.34 bits per heavy atom. The van der Waals surface area contributed by atoms with E-state index in [1.54, 1.807) is 26.8 Å². The summed E-state index contributed by atoms with van der Waals surface area (Å²) in [5.41, 5.74) is 0.630. The molecular formula is C29H40O6. The Kier molecular flexibility index (Phi) is 6.56. The zero-order valence-corrected chi connectivity index (χ0v) is 22.2. The molecule has 0 amide bonds. The summed E-state index contributed by atoms with van der Waals surface area (Å²) in [7, 11) is 0. The minimum Gasteiger partial charge on any atom is -0.461 e. The van der Waals surface area contributed by atoms with Gasteiger partial charge in [0.05, 0.1) is 10.8 Å². The summed E-state index contributed by atoms with van der Waals surface area (Å²) in [4.78, 5) is 37.8. The van der Waals surface area contributed by atoms with Crippen molar-refractivity contribution >= 4 is 17.7 Å². The number of carbonyl (C=O) groups is 3. The average Bonchev–Trinajstić information content (AvgIpc) is 3.09. The summed E-state index contributed by atoms with van der Waals surface area (Å²) < 4.78 is 16.9. The molecule has 0 bridgehead atoms. The zero-order chi connectivity index (χ0) is 25.8. The lowest BCUT2D eigenvalue weighted by molar-refractivity contribution is -0.167. The maximum absolute atomic E-state index is 13.3. The van der Waals surface area contributed by atoms with Gasteiger partial charge in [-0.1, -0.05) is 13.0 Å². The van der Waals surface area contributed by atoms with Crippen molar-refractivity contribution in [2.45, 2.75) is 92.6 Å². The van der Waals surface area contributed by atoms with Crippen molar-refractivity contribution in [2.24, 2.45) is 28.1 Å². The number of ether oxygens (including phenoxy) is 3. The second kappa shape index (κ2) is 8.94. The number of ketones is 1. The molecule has 0 saturated heterocycles. The largest absolute Gasteiger partial charge is 0.461 e. The molecule has 2 fully saturated rings. The summed E-state index contributed by atoms with van der Waals surface area (Å²) in [6.45, 7) is 13.1. The first kappa shape index (κ1) is 25.7. The van der Waals surface area contributed by atoms with Gasteiger partial charge in [0.15, 0.2) is 5.78 Å². The first-order valence-corrected chi connectivity index (χ1v) is 12.9. The molecule has 1 aromatic carbocycles. The number of fused-ring (bicyclic) bond motifs is 5. The summed E-state index contributed by atoms with van der Waals surface area (Å²) in [6.07, 6.45) is 4.25. The van der Waals surface area contributed by atoms with E-state index in [1.165, 1.54) is 0 Å². The lowest BCUT2D eigenvalue weighted by Crippen LogP contribution is -2.46. The topological polar surface area (TPSA) is 78.9 Å². The molecule has 35 heavy (non-hydrogen) atoms. The fourth-order valence-electron chi connectivity index (χ4n) is 6.29. The fourth-order valence-corrected chi connectivity index (χ4v) is 6.29. The van der Waals surface area contributed by atoms with E-state index in [0.29, 0.717) is 24.0 Å². The van der Waals surface area contributed by atoms with Gasteiger partial charge in [0, 0.05) is 17.4 Å². The lowest BCUT2D eigenvalue weighted by Gasteiger charge is -2.50. The predicted molar refractivity (Wildman–Crippen MR) is 132 cm³/mol. The van der Waals surface area contributed by atoms with Crippen molar-refractivity contribution in [1.82, 2.24) is 0 Å². The van der Waals surface area contributed by atoms with Gasteiger partial charge >= 0.3 is 11.9 Å². The maximum Gasteiger partial charge on any atom is 0.314 e. The SMILES string of the molecule is CC(C)(C)C(=O)OCOc1ccc2c(c1)C(=O)C[C@@H]1[C@@H]2CC[C@]2(C)[C@@H](OC(=O)C(C)(C)C)CC[C@@H]12. The number of hydrogen-bond donors (Lipinski definition) is 0. The van der Waals surface area contributed by atoms with Crippen LogP contribution in [-0.2, 0) is 19.1 Å². The summed E-state index contributed by atoms with van der Waals surface area (Å²) in [5, 5.41) is 0. The molecule has 3 aliphatic rings. The van der Waals surface area contributed by atoms with Gasteiger partial charge in [-0.25, -0.2) is 0 Å². The highest BCUT2D eigenvalue weighted by atomic mass is 16.7. The van der Waals surface area contributed by atoms with Crippen molar-refractivity contribution in [3.8, 4) is 5.75 Å². The molecule has 1 aromatic rings. The Hall–Kier alpha value is -2.37. The van der Waals surface area contributed by atoms with Gasteiger partial charge in [0.25, 0.3) is 0 Å². The quantitative estimate of drug-likeness (QED) is 0.381. The first-order valence-electron chi connectivity index (χ1n) is 12.9. The Morgan fingerprint density at radius 2 is 1.69 bits per heavy atom. The van der Waals surface area contributed by atoms with Crippen molar-refractivity contribution in [3.05, 3.63) is 29.3 Å². The molecule has 5 atom stereocenters. The number of rotatable bonds is 4. The third kappa shape index (κ3) is 4.85. The van der Waals surface area contributed by atoms with Gasteiger partial charge in [-0.3, -0.25) is 14.4 Å². The third-order valence-electron chi connectivity index (χ3n) is 8.39. The van der Waals surface area contributed by atoms with Gasteiger partial charge in [-0.05, 0) is 103 Å². The Labute approximate surface area is 209 Å². The Balaban J connectivity index is 1.47. The molecule has 3 aliphatic carbocycles. The van der Waals surface area contributed by atoms with E-state index in [1.807, 2.05) is 32.9 Å². The Morgan fingerprint density at radius 1 is 1.00 bits per heavy atom. The van der Waals surface area contributed by atoms with Crippen LogP contribution in [0.5, 0.6) is 5.75 Å². The second-order valence-corrected chi connectivity index (χ2v) is 13.0. The molecule has 0 aliphatic heterocycles. The van der Waals surface area contributed by atoms with E-state index < -0.39 is 10.8 Å². The van der Waals surface area contributed by atoms with Crippen LogP contribution in [0, 0.1) is 28.1 Å². The van der Waals surface area contributed by atoms with Crippen molar-refractivity contribution in [3.63, 3.8) is 0 Å². The zero-order valence-electron chi connectivity index (χ0n) is 22.2. The van der Waals surface area contributed by atoms with Crippen LogP contribution in [-0.4, -0.2) is 30.6 Å². The normalized spacial score (nSPS) is 30.1. The number of benzene rings is 1. The van der Waals surface area contributed by atoms with Crippen LogP contribution in [0.1, 0.15) is 102 Å². The highest BCUT2D eigenvalue weighted by molar-refractivity contribution is 5.99. The molecule has 4 rings (SSSR count). The number of Topliss-reactive ketones (excluding diaryl/α,β-unsaturated/α-hetero) is 1. The molecule has 6 heteroatoms. The van der Waals surface area contributed by atoms with E-state index in [9.17, 15) is 14.4 Å². The first-order chi connectivity index (χ1) is 16.2. The fraction of sp³-hybridized carbons (Fsp3) is 0.690. The number of hydrogen-bond acceptors (Lipinski definition) is 6. The smallest absolute Gasteiger partial charge is 0.314 e. The van der Waals surface area contributed by atoms with Gasteiger partial charge in [-0.2, -0.15) is 0 Å². The van der Waals surface area contributed by atoms with E-state index in [-0.39, 0.29) is 42.0 Å². The van der Waals surface area contributed by atoms with Crippen molar-refractivity contribution < 1.29 is 28.6 Å². The van der Waals surface area contributed by atoms with Crippen LogP contribution in [0.4, 0.5) is 0 Å². The molecule has 192 valence electrons. The molecule has 0 N–H and O–H groups in total. The number of esters is 2. The van der Waals surface area contributed by atoms with E-state index in [2.05, 4.69) is 6.92 Å². The van der Waals surface area contributed by atoms with E-state index in [4.69, 9.17) is 14.2 Å². The molecule has 0 aromatic heterocycles. The van der Waals surface area contributed by atoms with Crippen molar-refractivity contribution in [1.29, 1.82) is 0 Å². The van der Waals surface area contributed by atoms with Gasteiger partial charge in [0.2, 0.25) is 6.79 Å². The van der Waals surface area contributed by atoms with Crippen LogP contribution >= 0.6 is 0 Å². The number of carbonyl (C=O) groups excluding carboxylic acids is 3. The molecule has 0 radical (unpaired) electrons. The average molecular weight is 485 g/mol. The highest BCUT2D eigenvalue weighted by Crippen LogP contribution is 2.61. The monoisotopic (exact) mass is 484 g/mol. The Bertz CT molecular complexity index is 1010. The van der Waals surface area contributed by atoms with Gasteiger partial charge in [0.1, 0.15) is 11.9 Å². The van der Waals surface area contributed by atoms with Crippen LogP contribution in [0.2, 0.25) is 0 Å². The van der Waals surface area contributed by atoms with Crippen LogP contribution in [0.15, 0.2) is 18.2 Å². The van der Waals surface area contributed by atoms with E-state index in [0.717, 1.165) is 36.8 Å². The summed E-state index contributed by atoms with van der Waals surface area (Å²) >= 11 is 0. The van der Waals surface area contributed by atoms with Crippen molar-refractivity contribution in [2.75, 3.05) is 6.79 Å². The third-order valence-corrected chi connectivity index (χ3v) is 8.39. The van der Waals surface area contributed by atoms with Crippen LogP contribution < -0.4 is 4.74 Å². The molecular weight excluding hydrogens is 444 g/mol. The van der Waals surface area contributed by atoms with Gasteiger partial charge < -0.3 is 14.2 Å².